The molecule has 35 heavy (non-hydrogen) atoms. The lowest BCUT2D eigenvalue weighted by Gasteiger charge is -2.23. The second-order valence-corrected chi connectivity index (χ2v) is 9.22. The summed E-state index contributed by atoms with van der Waals surface area (Å²) in [7, 11) is 0. The van der Waals surface area contributed by atoms with Crippen molar-refractivity contribution < 1.29 is 29.4 Å². The van der Waals surface area contributed by atoms with Crippen molar-refractivity contribution in [2.24, 2.45) is 11.5 Å². The molecule has 3 amide bonds. The molecule has 0 aliphatic carbocycles. The smallest absolute Gasteiger partial charge is 0.326 e. The van der Waals surface area contributed by atoms with Crippen molar-refractivity contribution >= 4 is 35.5 Å². The topological polar surface area (TPSA) is 197 Å². The highest BCUT2D eigenvalue weighted by molar-refractivity contribution is 7.98. The maximum Gasteiger partial charge on any atom is 0.326 e. The molecule has 4 unspecified atom stereocenters. The predicted molar refractivity (Wildman–Crippen MR) is 135 cm³/mol. The Bertz CT molecular complexity index is 838. The molecule has 0 bridgehead atoms. The van der Waals surface area contributed by atoms with Crippen LogP contribution in [0.25, 0.3) is 0 Å². The number of nitrogens with two attached hydrogens (primary N) is 2. The van der Waals surface area contributed by atoms with Crippen LogP contribution in [0.5, 0.6) is 5.75 Å². The minimum atomic E-state index is -1.16. The summed E-state index contributed by atoms with van der Waals surface area (Å²) >= 11 is 1.48. The second kappa shape index (κ2) is 16.0. The number of amides is 3. The van der Waals surface area contributed by atoms with Crippen LogP contribution in [-0.2, 0) is 25.6 Å². The number of benzene rings is 1. The number of aromatic hydroxyl groups is 1. The van der Waals surface area contributed by atoms with Crippen LogP contribution in [0.2, 0.25) is 0 Å². The molecule has 0 fully saturated rings. The van der Waals surface area contributed by atoms with E-state index in [2.05, 4.69) is 16.0 Å². The van der Waals surface area contributed by atoms with Crippen molar-refractivity contribution in [1.29, 1.82) is 0 Å². The van der Waals surface area contributed by atoms with Gasteiger partial charge in [0.05, 0.1) is 6.04 Å². The van der Waals surface area contributed by atoms with Crippen molar-refractivity contribution in [3.63, 3.8) is 0 Å². The van der Waals surface area contributed by atoms with E-state index in [4.69, 9.17) is 11.5 Å². The molecule has 0 saturated carbocycles. The fourth-order valence-corrected chi connectivity index (χ4v) is 3.66. The van der Waals surface area contributed by atoms with Crippen LogP contribution in [0.1, 0.15) is 38.2 Å². The SMILES string of the molecule is CSCCC(NC(=O)C(C)NC(=O)C(N)Cc1ccc(O)cc1)C(=O)NC(CCCCN)C(=O)O. The minimum Gasteiger partial charge on any atom is -0.508 e. The number of carbonyl (C=O) groups excluding carboxylic acids is 3. The van der Waals surface area contributed by atoms with Gasteiger partial charge < -0.3 is 37.6 Å². The van der Waals surface area contributed by atoms with Crippen LogP contribution in [0.4, 0.5) is 0 Å². The molecular weight excluding hydrogens is 474 g/mol. The Kier molecular flexibility index (Phi) is 13.8. The average molecular weight is 512 g/mol. The Labute approximate surface area is 209 Å². The van der Waals surface area contributed by atoms with Crippen LogP contribution in [0.3, 0.4) is 0 Å². The lowest BCUT2D eigenvalue weighted by Crippen LogP contribution is -2.56. The Morgan fingerprint density at radius 2 is 1.57 bits per heavy atom. The molecule has 1 aromatic rings. The third kappa shape index (κ3) is 11.4. The zero-order chi connectivity index (χ0) is 26.4. The van der Waals surface area contributed by atoms with Gasteiger partial charge in [-0.05, 0) is 75.3 Å². The Morgan fingerprint density at radius 3 is 2.14 bits per heavy atom. The maximum absolute atomic E-state index is 12.8. The highest BCUT2D eigenvalue weighted by Crippen LogP contribution is 2.11. The summed E-state index contributed by atoms with van der Waals surface area (Å²) in [6, 6.07) is 2.33. The summed E-state index contributed by atoms with van der Waals surface area (Å²) in [5, 5.41) is 26.4. The Hall–Kier alpha value is -2.83. The highest BCUT2D eigenvalue weighted by Gasteiger charge is 2.28. The standard InChI is InChI=1S/C23H37N5O6S/c1-14(26-21(31)17(25)13-15-6-8-16(29)9-7-15)20(30)27-18(10-12-35-2)22(32)28-19(23(33)34)5-3-4-11-24/h6-9,14,17-19,29H,3-5,10-13,24-25H2,1-2H3,(H,26,31)(H,27,30)(H,28,32)(H,33,34). The first kappa shape index (κ1) is 30.2. The number of carboxylic acids is 1. The van der Waals surface area contributed by atoms with Crippen LogP contribution in [0, 0.1) is 0 Å². The van der Waals surface area contributed by atoms with Gasteiger partial charge in [-0.1, -0.05) is 12.1 Å². The summed E-state index contributed by atoms with van der Waals surface area (Å²) in [6.45, 7) is 1.89. The van der Waals surface area contributed by atoms with Gasteiger partial charge in [0.1, 0.15) is 23.9 Å². The van der Waals surface area contributed by atoms with Crippen LogP contribution in [-0.4, -0.2) is 76.6 Å². The normalized spacial score (nSPS) is 14.3. The predicted octanol–water partition coefficient (Wildman–Crippen LogP) is -0.297. The molecule has 0 spiro atoms. The van der Waals surface area contributed by atoms with Gasteiger partial charge in [-0.3, -0.25) is 14.4 Å². The fourth-order valence-electron chi connectivity index (χ4n) is 3.19. The lowest BCUT2D eigenvalue weighted by atomic mass is 10.1. The van der Waals surface area contributed by atoms with Gasteiger partial charge in [0.25, 0.3) is 0 Å². The molecule has 0 aliphatic heterocycles. The first-order valence-electron chi connectivity index (χ1n) is 11.4. The van der Waals surface area contributed by atoms with E-state index in [1.54, 1.807) is 12.1 Å². The summed E-state index contributed by atoms with van der Waals surface area (Å²) < 4.78 is 0. The van der Waals surface area contributed by atoms with Crippen LogP contribution >= 0.6 is 11.8 Å². The number of thioether (sulfide) groups is 1. The van der Waals surface area contributed by atoms with Crippen molar-refractivity contribution in [3.05, 3.63) is 29.8 Å². The third-order valence-corrected chi connectivity index (χ3v) is 5.93. The first-order valence-corrected chi connectivity index (χ1v) is 12.8. The molecule has 4 atom stereocenters. The minimum absolute atomic E-state index is 0.0994. The summed E-state index contributed by atoms with van der Waals surface area (Å²) in [4.78, 5) is 49.4. The molecular formula is C23H37N5O6S. The molecule has 0 aliphatic rings. The molecule has 0 aromatic heterocycles. The number of hydrogen-bond acceptors (Lipinski definition) is 8. The zero-order valence-corrected chi connectivity index (χ0v) is 21.0. The molecule has 0 heterocycles. The number of phenolic OH excluding ortho intramolecular Hbond substituents is 1. The van der Waals surface area contributed by atoms with E-state index in [1.807, 2.05) is 6.26 Å². The lowest BCUT2D eigenvalue weighted by molar-refractivity contribution is -0.142. The van der Waals surface area contributed by atoms with Crippen molar-refractivity contribution in [3.8, 4) is 5.75 Å². The molecule has 9 N–H and O–H groups in total. The second-order valence-electron chi connectivity index (χ2n) is 8.23. The number of nitrogens with one attached hydrogen (secondary N) is 3. The largest absolute Gasteiger partial charge is 0.508 e. The van der Waals surface area contributed by atoms with E-state index in [1.165, 1.54) is 30.8 Å². The molecule has 11 nitrogen and oxygen atoms in total. The number of carbonyl (C=O) groups is 4. The van der Waals surface area contributed by atoms with Gasteiger partial charge in [-0.2, -0.15) is 11.8 Å². The van der Waals surface area contributed by atoms with Crippen LogP contribution in [0.15, 0.2) is 24.3 Å². The van der Waals surface area contributed by atoms with E-state index in [0.717, 1.165) is 5.56 Å². The molecule has 1 aromatic carbocycles. The van der Waals surface area contributed by atoms with E-state index in [9.17, 15) is 29.4 Å². The Morgan fingerprint density at radius 1 is 0.943 bits per heavy atom. The number of aliphatic carboxylic acids is 1. The fraction of sp³-hybridized carbons (Fsp3) is 0.565. The van der Waals surface area contributed by atoms with Gasteiger partial charge in [-0.25, -0.2) is 4.79 Å². The zero-order valence-electron chi connectivity index (χ0n) is 20.2. The van der Waals surface area contributed by atoms with Gasteiger partial charge in [-0.15, -0.1) is 0 Å². The first-order chi connectivity index (χ1) is 16.6. The van der Waals surface area contributed by atoms with Gasteiger partial charge in [0.15, 0.2) is 0 Å². The van der Waals surface area contributed by atoms with Crippen molar-refractivity contribution in [1.82, 2.24) is 16.0 Å². The highest BCUT2D eigenvalue weighted by atomic mass is 32.2. The molecule has 12 heteroatoms. The third-order valence-electron chi connectivity index (χ3n) is 5.29. The van der Waals surface area contributed by atoms with E-state index < -0.39 is 47.9 Å². The quantitative estimate of drug-likeness (QED) is 0.146. The number of carboxylic acid groups (broad SMARTS) is 1. The summed E-state index contributed by atoms with van der Waals surface area (Å²) in [5.74, 6) is -2.24. The summed E-state index contributed by atoms with van der Waals surface area (Å²) in [6.07, 6.45) is 3.76. The number of phenols is 1. The molecule has 0 radical (unpaired) electrons. The molecule has 1 rings (SSSR count). The number of unbranched alkanes of at least 4 members (excludes halogenated alkanes) is 1. The monoisotopic (exact) mass is 511 g/mol. The van der Waals surface area contributed by atoms with Crippen molar-refractivity contribution in [2.45, 2.75) is 63.2 Å². The van der Waals surface area contributed by atoms with E-state index >= 15 is 0 Å². The van der Waals surface area contributed by atoms with Crippen molar-refractivity contribution in [2.75, 3.05) is 18.6 Å². The maximum atomic E-state index is 12.8. The van der Waals surface area contributed by atoms with Gasteiger partial charge in [0, 0.05) is 0 Å². The molecule has 196 valence electrons. The van der Waals surface area contributed by atoms with E-state index in [0.29, 0.717) is 25.1 Å². The number of hydrogen-bond donors (Lipinski definition) is 7. The van der Waals surface area contributed by atoms with Crippen LogP contribution < -0.4 is 27.4 Å². The van der Waals surface area contributed by atoms with E-state index in [-0.39, 0.29) is 25.0 Å². The molecule has 0 saturated heterocycles. The number of rotatable bonds is 16. The van der Waals surface area contributed by atoms with Gasteiger partial charge in [0.2, 0.25) is 17.7 Å². The average Bonchev–Trinajstić information content (AvgIpc) is 2.82. The Balaban J connectivity index is 2.71. The summed E-state index contributed by atoms with van der Waals surface area (Å²) in [5.41, 5.74) is 12.1. The van der Waals surface area contributed by atoms with Gasteiger partial charge >= 0.3 is 5.97 Å².